The molecule has 96 valence electrons. The van der Waals surface area contributed by atoms with Crippen LogP contribution < -0.4 is 4.74 Å². The molecule has 0 aliphatic carbocycles. The lowest BCUT2D eigenvalue weighted by Crippen LogP contribution is -2.47. The lowest BCUT2D eigenvalue weighted by Gasteiger charge is -2.40. The number of piperidine rings is 1. The minimum atomic E-state index is -0.146. The van der Waals surface area contributed by atoms with Crippen LogP contribution in [0.4, 0.5) is 0 Å². The van der Waals surface area contributed by atoms with Crippen molar-refractivity contribution in [2.24, 2.45) is 0 Å². The van der Waals surface area contributed by atoms with Gasteiger partial charge in [0.1, 0.15) is 0 Å². The molecule has 0 spiro atoms. The fourth-order valence-electron chi connectivity index (χ4n) is 2.55. The van der Waals surface area contributed by atoms with E-state index in [1.165, 1.54) is 16.4 Å². The van der Waals surface area contributed by atoms with Crippen LogP contribution in [0.1, 0.15) is 31.6 Å². The molecular formula is C12H20N2O2S. The van der Waals surface area contributed by atoms with Gasteiger partial charge < -0.3 is 9.84 Å². The summed E-state index contributed by atoms with van der Waals surface area (Å²) < 4.78 is 9.30. The van der Waals surface area contributed by atoms with E-state index in [-0.39, 0.29) is 6.10 Å². The maximum atomic E-state index is 9.72. The maximum absolute atomic E-state index is 9.72. The molecule has 1 unspecified atom stereocenters. The van der Waals surface area contributed by atoms with E-state index in [0.29, 0.717) is 18.0 Å². The first-order valence-electron chi connectivity index (χ1n) is 6.03. The van der Waals surface area contributed by atoms with Crippen molar-refractivity contribution in [1.82, 2.24) is 9.27 Å². The minimum absolute atomic E-state index is 0.146. The van der Waals surface area contributed by atoms with E-state index in [1.807, 2.05) is 6.07 Å². The van der Waals surface area contributed by atoms with Gasteiger partial charge in [-0.1, -0.05) is 0 Å². The summed E-state index contributed by atoms with van der Waals surface area (Å²) in [6.07, 6.45) is 1.58. The van der Waals surface area contributed by atoms with Gasteiger partial charge in [-0.15, -0.1) is 0 Å². The third-order valence-corrected chi connectivity index (χ3v) is 4.20. The second-order valence-corrected chi connectivity index (χ2v) is 5.72. The van der Waals surface area contributed by atoms with Crippen molar-refractivity contribution in [3.8, 4) is 5.88 Å². The number of aliphatic hydroxyl groups is 1. The molecule has 1 aliphatic heterocycles. The first-order chi connectivity index (χ1) is 8.10. The fraction of sp³-hybridized carbons (Fsp3) is 0.750. The van der Waals surface area contributed by atoms with Crippen molar-refractivity contribution in [1.29, 1.82) is 0 Å². The molecule has 3 atom stereocenters. The van der Waals surface area contributed by atoms with E-state index in [0.717, 1.165) is 19.4 Å². The summed E-state index contributed by atoms with van der Waals surface area (Å²) >= 11 is 1.49. The molecule has 5 heteroatoms. The zero-order valence-corrected chi connectivity index (χ0v) is 11.4. The highest BCUT2D eigenvalue weighted by molar-refractivity contribution is 7.05. The molecule has 0 bridgehead atoms. The number of hydrogen-bond donors (Lipinski definition) is 1. The standard InChI is InChI=1S/C12H20N2O2S/c1-8-4-10(15)5-9(2)14(8)7-11-6-12(16-3)13-17-11/h6,8-10,15H,4-5,7H2,1-3H3/t8-,9+,10?. The van der Waals surface area contributed by atoms with E-state index in [1.54, 1.807) is 7.11 Å². The lowest BCUT2D eigenvalue weighted by atomic mass is 9.95. The van der Waals surface area contributed by atoms with Gasteiger partial charge in [0.2, 0.25) is 5.88 Å². The topological polar surface area (TPSA) is 45.6 Å². The second kappa shape index (κ2) is 5.33. The number of nitrogens with zero attached hydrogens (tertiary/aromatic N) is 2. The molecule has 0 aromatic carbocycles. The summed E-state index contributed by atoms with van der Waals surface area (Å²) in [5, 5.41) is 9.72. The smallest absolute Gasteiger partial charge is 0.225 e. The third kappa shape index (κ3) is 2.97. The summed E-state index contributed by atoms with van der Waals surface area (Å²) in [5.41, 5.74) is 0. The van der Waals surface area contributed by atoms with E-state index in [9.17, 15) is 5.11 Å². The lowest BCUT2D eigenvalue weighted by molar-refractivity contribution is 0.00917. The van der Waals surface area contributed by atoms with Gasteiger partial charge in [-0.2, -0.15) is 4.37 Å². The predicted molar refractivity (Wildman–Crippen MR) is 68.4 cm³/mol. The summed E-state index contributed by atoms with van der Waals surface area (Å²) in [7, 11) is 1.64. The van der Waals surface area contributed by atoms with Crippen LogP contribution >= 0.6 is 11.5 Å². The SMILES string of the molecule is COc1cc(CN2[C@H](C)CC(O)C[C@@H]2C)sn1. The average molecular weight is 256 g/mol. The van der Waals surface area contributed by atoms with Crippen molar-refractivity contribution >= 4 is 11.5 Å². The van der Waals surface area contributed by atoms with Gasteiger partial charge in [0, 0.05) is 29.6 Å². The van der Waals surface area contributed by atoms with Crippen molar-refractivity contribution in [2.45, 2.75) is 51.4 Å². The van der Waals surface area contributed by atoms with Gasteiger partial charge in [0.25, 0.3) is 0 Å². The number of aliphatic hydroxyl groups excluding tert-OH is 1. The molecule has 1 aromatic heterocycles. The molecule has 1 aromatic rings. The second-order valence-electron chi connectivity index (χ2n) is 4.83. The summed E-state index contributed by atoms with van der Waals surface area (Å²) in [6, 6.07) is 2.83. The molecule has 17 heavy (non-hydrogen) atoms. The average Bonchev–Trinajstić information content (AvgIpc) is 2.71. The van der Waals surface area contributed by atoms with Gasteiger partial charge in [0.15, 0.2) is 0 Å². The number of ether oxygens (including phenoxy) is 1. The van der Waals surface area contributed by atoms with Crippen molar-refractivity contribution in [3.63, 3.8) is 0 Å². The Morgan fingerprint density at radius 3 is 2.65 bits per heavy atom. The van der Waals surface area contributed by atoms with Crippen LogP contribution in [0.2, 0.25) is 0 Å². The van der Waals surface area contributed by atoms with E-state index in [2.05, 4.69) is 23.1 Å². The number of rotatable bonds is 3. The Balaban J connectivity index is 2.01. The number of hydrogen-bond acceptors (Lipinski definition) is 5. The van der Waals surface area contributed by atoms with E-state index >= 15 is 0 Å². The van der Waals surface area contributed by atoms with Gasteiger partial charge in [-0.3, -0.25) is 4.90 Å². The van der Waals surface area contributed by atoms with Crippen LogP contribution in [0.3, 0.4) is 0 Å². The van der Waals surface area contributed by atoms with Crippen LogP contribution in [0, 0.1) is 0 Å². The molecule has 1 N–H and O–H groups in total. The molecule has 2 rings (SSSR count). The summed E-state index contributed by atoms with van der Waals surface area (Å²) in [5.74, 6) is 0.697. The Bertz CT molecular complexity index is 357. The van der Waals surface area contributed by atoms with E-state index < -0.39 is 0 Å². The number of aromatic nitrogens is 1. The summed E-state index contributed by atoms with van der Waals surface area (Å²) in [4.78, 5) is 3.65. The van der Waals surface area contributed by atoms with Crippen LogP contribution in [0.25, 0.3) is 0 Å². The molecule has 1 aliphatic rings. The van der Waals surface area contributed by atoms with Crippen LogP contribution in [-0.4, -0.2) is 39.7 Å². The highest BCUT2D eigenvalue weighted by Gasteiger charge is 2.30. The Morgan fingerprint density at radius 1 is 1.47 bits per heavy atom. The van der Waals surface area contributed by atoms with Crippen LogP contribution in [0.15, 0.2) is 6.07 Å². The molecule has 0 saturated carbocycles. The highest BCUT2D eigenvalue weighted by Crippen LogP contribution is 2.27. The molecule has 2 heterocycles. The van der Waals surface area contributed by atoms with Crippen LogP contribution in [0.5, 0.6) is 5.88 Å². The quantitative estimate of drug-likeness (QED) is 0.897. The van der Waals surface area contributed by atoms with E-state index in [4.69, 9.17) is 4.74 Å². The molecular weight excluding hydrogens is 236 g/mol. The van der Waals surface area contributed by atoms with Crippen molar-refractivity contribution in [2.75, 3.05) is 7.11 Å². The highest BCUT2D eigenvalue weighted by atomic mass is 32.1. The van der Waals surface area contributed by atoms with Crippen molar-refractivity contribution < 1.29 is 9.84 Å². The molecule has 1 fully saturated rings. The Hall–Kier alpha value is -0.650. The predicted octanol–water partition coefficient (Wildman–Crippen LogP) is 1.89. The summed E-state index contributed by atoms with van der Waals surface area (Å²) in [6.45, 7) is 5.25. The fourth-order valence-corrected chi connectivity index (χ4v) is 3.24. The third-order valence-electron chi connectivity index (χ3n) is 3.44. The molecule has 0 radical (unpaired) electrons. The Kier molecular flexibility index (Phi) is 4.01. The van der Waals surface area contributed by atoms with Gasteiger partial charge in [-0.25, -0.2) is 0 Å². The molecule has 1 saturated heterocycles. The van der Waals surface area contributed by atoms with Crippen LogP contribution in [-0.2, 0) is 6.54 Å². The normalized spacial score (nSPS) is 30.5. The minimum Gasteiger partial charge on any atom is -0.480 e. The monoisotopic (exact) mass is 256 g/mol. The van der Waals surface area contributed by atoms with Gasteiger partial charge >= 0.3 is 0 Å². The van der Waals surface area contributed by atoms with Gasteiger partial charge in [0.05, 0.1) is 13.2 Å². The molecule has 0 amide bonds. The number of likely N-dealkylation sites (tertiary alicyclic amines) is 1. The zero-order valence-electron chi connectivity index (χ0n) is 10.6. The molecule has 4 nitrogen and oxygen atoms in total. The maximum Gasteiger partial charge on any atom is 0.225 e. The zero-order chi connectivity index (χ0) is 12.4. The number of methoxy groups -OCH3 is 1. The Morgan fingerprint density at radius 2 is 2.12 bits per heavy atom. The van der Waals surface area contributed by atoms with Gasteiger partial charge in [-0.05, 0) is 38.2 Å². The largest absolute Gasteiger partial charge is 0.480 e. The first kappa shape index (κ1) is 12.8. The first-order valence-corrected chi connectivity index (χ1v) is 6.81. The van der Waals surface area contributed by atoms with Crippen molar-refractivity contribution in [3.05, 3.63) is 10.9 Å². The Labute approximate surface area is 106 Å².